The summed E-state index contributed by atoms with van der Waals surface area (Å²) in [6.45, 7) is 2.55. The van der Waals surface area contributed by atoms with Crippen molar-refractivity contribution in [2.24, 2.45) is 0 Å². The minimum atomic E-state index is -0.481. The maximum absolute atomic E-state index is 12.8. The Kier molecular flexibility index (Phi) is 5.85. The summed E-state index contributed by atoms with van der Waals surface area (Å²) in [4.78, 5) is 51.4. The van der Waals surface area contributed by atoms with Crippen LogP contribution < -0.4 is 10.6 Å². The van der Waals surface area contributed by atoms with Gasteiger partial charge in [0.25, 0.3) is 23.6 Å². The molecule has 0 bridgehead atoms. The number of benzene rings is 2. The summed E-state index contributed by atoms with van der Waals surface area (Å²) in [5.41, 5.74) is 1.52. The van der Waals surface area contributed by atoms with Gasteiger partial charge in [-0.3, -0.25) is 24.1 Å². The summed E-state index contributed by atoms with van der Waals surface area (Å²) in [7, 11) is 0. The number of anilines is 1. The molecule has 0 fully saturated rings. The number of hydrogen-bond donors (Lipinski definition) is 2. The molecule has 0 radical (unpaired) electrons. The first-order valence-corrected chi connectivity index (χ1v) is 10.2. The van der Waals surface area contributed by atoms with E-state index in [1.807, 2.05) is 6.92 Å². The van der Waals surface area contributed by atoms with Crippen molar-refractivity contribution < 1.29 is 23.6 Å². The van der Waals surface area contributed by atoms with E-state index in [1.54, 1.807) is 36.4 Å². The Hall–Kier alpha value is -4.20. The fourth-order valence-corrected chi connectivity index (χ4v) is 3.42. The lowest BCUT2D eigenvalue weighted by molar-refractivity contribution is 0.0631. The average molecular weight is 431 g/mol. The minimum absolute atomic E-state index is 0.0216. The molecule has 32 heavy (non-hydrogen) atoms. The third-order valence-corrected chi connectivity index (χ3v) is 5.05. The van der Waals surface area contributed by atoms with Gasteiger partial charge in [0.15, 0.2) is 0 Å². The average Bonchev–Trinajstić information content (AvgIpc) is 3.40. The molecule has 0 spiro atoms. The molecular weight excluding hydrogens is 410 g/mol. The summed E-state index contributed by atoms with van der Waals surface area (Å²) in [6, 6.07) is 14.3. The lowest BCUT2D eigenvalue weighted by atomic mass is 10.1. The molecule has 2 heterocycles. The van der Waals surface area contributed by atoms with E-state index in [0.717, 1.165) is 11.3 Å². The van der Waals surface area contributed by atoms with Gasteiger partial charge in [-0.2, -0.15) is 0 Å². The van der Waals surface area contributed by atoms with Crippen LogP contribution in [-0.4, -0.2) is 35.1 Å². The summed E-state index contributed by atoms with van der Waals surface area (Å²) in [6.07, 6.45) is 2.29. The van der Waals surface area contributed by atoms with Crippen molar-refractivity contribution in [3.63, 3.8) is 0 Å². The fraction of sp³-hybridized carbons (Fsp3) is 0.167. The van der Waals surface area contributed by atoms with E-state index < -0.39 is 17.7 Å². The quantitative estimate of drug-likeness (QED) is 0.557. The third kappa shape index (κ3) is 4.15. The first-order valence-electron chi connectivity index (χ1n) is 10.2. The Bertz CT molecular complexity index is 1200. The number of imide groups is 1. The highest BCUT2D eigenvalue weighted by Crippen LogP contribution is 2.26. The van der Waals surface area contributed by atoms with E-state index in [0.29, 0.717) is 23.6 Å². The van der Waals surface area contributed by atoms with Crippen LogP contribution in [0.15, 0.2) is 65.3 Å². The summed E-state index contributed by atoms with van der Waals surface area (Å²) in [5, 5.41) is 5.52. The zero-order valence-electron chi connectivity index (χ0n) is 17.4. The summed E-state index contributed by atoms with van der Waals surface area (Å²) in [5.74, 6) is -1.10. The second-order valence-electron chi connectivity index (χ2n) is 7.33. The maximum atomic E-state index is 12.8. The van der Waals surface area contributed by atoms with Crippen molar-refractivity contribution in [2.75, 3.05) is 11.9 Å². The molecule has 2 N–H and O–H groups in total. The molecule has 8 nitrogen and oxygen atoms in total. The lowest BCUT2D eigenvalue weighted by Crippen LogP contribution is -2.28. The number of amides is 4. The number of carbonyl (C=O) groups is 4. The second kappa shape index (κ2) is 8.89. The summed E-state index contributed by atoms with van der Waals surface area (Å²) >= 11 is 0. The molecule has 4 rings (SSSR count). The Balaban J connectivity index is 1.50. The molecular formula is C24H21N3O5. The fourth-order valence-electron chi connectivity index (χ4n) is 3.42. The molecule has 0 atom stereocenters. The zero-order valence-corrected chi connectivity index (χ0v) is 17.4. The van der Waals surface area contributed by atoms with E-state index in [-0.39, 0.29) is 29.1 Å². The van der Waals surface area contributed by atoms with Crippen LogP contribution in [0.4, 0.5) is 5.69 Å². The molecule has 1 aliphatic rings. The third-order valence-electron chi connectivity index (χ3n) is 5.05. The number of fused-ring (bicyclic) bond motifs is 1. The van der Waals surface area contributed by atoms with Gasteiger partial charge in [0, 0.05) is 23.4 Å². The first kappa shape index (κ1) is 21.0. The largest absolute Gasteiger partial charge is 0.467 e. The second-order valence-corrected chi connectivity index (χ2v) is 7.33. The van der Waals surface area contributed by atoms with Crippen molar-refractivity contribution in [1.29, 1.82) is 0 Å². The van der Waals surface area contributed by atoms with Crippen molar-refractivity contribution >= 4 is 29.3 Å². The molecule has 2 aromatic carbocycles. The highest BCUT2D eigenvalue weighted by atomic mass is 16.3. The Labute approximate surface area is 184 Å². The number of nitrogens with one attached hydrogen (secondary N) is 2. The first-order chi connectivity index (χ1) is 15.5. The van der Waals surface area contributed by atoms with Crippen LogP contribution in [0, 0.1) is 0 Å². The highest BCUT2D eigenvalue weighted by molar-refractivity contribution is 6.22. The Morgan fingerprint density at radius 2 is 1.69 bits per heavy atom. The Morgan fingerprint density at radius 3 is 2.44 bits per heavy atom. The van der Waals surface area contributed by atoms with Gasteiger partial charge in [0.1, 0.15) is 5.76 Å². The standard InChI is InChI=1S/C24H21N3O5/c1-2-10-25-21(28)15-5-3-6-17(12-15)26-22(29)16-8-9-19-20(13-16)24(31)27(23(19)30)14-18-7-4-11-32-18/h3-9,11-13H,2,10,14H2,1H3,(H,25,28)(H,26,29). The predicted molar refractivity (Wildman–Crippen MR) is 116 cm³/mol. The van der Waals surface area contributed by atoms with Gasteiger partial charge in [0.2, 0.25) is 0 Å². The number of hydrogen-bond acceptors (Lipinski definition) is 5. The monoisotopic (exact) mass is 431 g/mol. The van der Waals surface area contributed by atoms with Gasteiger partial charge in [-0.15, -0.1) is 0 Å². The molecule has 3 aromatic rings. The molecule has 162 valence electrons. The maximum Gasteiger partial charge on any atom is 0.261 e. The molecule has 0 saturated carbocycles. The minimum Gasteiger partial charge on any atom is -0.467 e. The molecule has 0 unspecified atom stereocenters. The van der Waals surface area contributed by atoms with E-state index in [2.05, 4.69) is 10.6 Å². The van der Waals surface area contributed by atoms with Crippen LogP contribution in [0.2, 0.25) is 0 Å². The van der Waals surface area contributed by atoms with Crippen LogP contribution >= 0.6 is 0 Å². The van der Waals surface area contributed by atoms with Crippen LogP contribution in [-0.2, 0) is 6.54 Å². The predicted octanol–water partition coefficient (Wildman–Crippen LogP) is 3.47. The van der Waals surface area contributed by atoms with Crippen LogP contribution in [0.5, 0.6) is 0 Å². The number of rotatable bonds is 7. The highest BCUT2D eigenvalue weighted by Gasteiger charge is 2.36. The lowest BCUT2D eigenvalue weighted by Gasteiger charge is -2.11. The molecule has 0 aliphatic carbocycles. The van der Waals surface area contributed by atoms with Gasteiger partial charge in [-0.1, -0.05) is 13.0 Å². The van der Waals surface area contributed by atoms with E-state index in [1.165, 1.54) is 24.5 Å². The number of nitrogens with zero attached hydrogens (tertiary/aromatic N) is 1. The molecule has 1 aliphatic heterocycles. The van der Waals surface area contributed by atoms with Gasteiger partial charge in [0.05, 0.1) is 23.9 Å². The SMILES string of the molecule is CCCNC(=O)c1cccc(NC(=O)c2ccc3c(c2)C(=O)N(Cc2ccco2)C3=O)c1. The van der Waals surface area contributed by atoms with Crippen molar-refractivity contribution in [2.45, 2.75) is 19.9 Å². The molecule has 0 saturated heterocycles. The smallest absolute Gasteiger partial charge is 0.261 e. The van der Waals surface area contributed by atoms with Gasteiger partial charge < -0.3 is 15.1 Å². The van der Waals surface area contributed by atoms with E-state index >= 15 is 0 Å². The van der Waals surface area contributed by atoms with E-state index in [9.17, 15) is 19.2 Å². The number of carbonyl (C=O) groups excluding carboxylic acids is 4. The molecule has 4 amide bonds. The van der Waals surface area contributed by atoms with Gasteiger partial charge in [-0.25, -0.2) is 0 Å². The van der Waals surface area contributed by atoms with Crippen molar-refractivity contribution in [3.05, 3.63) is 88.9 Å². The van der Waals surface area contributed by atoms with E-state index in [4.69, 9.17) is 4.42 Å². The van der Waals surface area contributed by atoms with Crippen LogP contribution in [0.3, 0.4) is 0 Å². The topological polar surface area (TPSA) is 109 Å². The summed E-state index contributed by atoms with van der Waals surface area (Å²) < 4.78 is 5.23. The molecule has 8 heteroatoms. The zero-order chi connectivity index (χ0) is 22.7. The van der Waals surface area contributed by atoms with Gasteiger partial charge in [-0.05, 0) is 55.0 Å². The van der Waals surface area contributed by atoms with Crippen molar-refractivity contribution in [3.8, 4) is 0 Å². The normalized spacial score (nSPS) is 12.6. The van der Waals surface area contributed by atoms with Crippen LogP contribution in [0.1, 0.15) is 60.5 Å². The number of furan rings is 1. The van der Waals surface area contributed by atoms with Crippen molar-refractivity contribution in [1.82, 2.24) is 10.2 Å². The van der Waals surface area contributed by atoms with Crippen LogP contribution in [0.25, 0.3) is 0 Å². The Morgan fingerprint density at radius 1 is 0.906 bits per heavy atom. The van der Waals surface area contributed by atoms with Gasteiger partial charge >= 0.3 is 0 Å². The molecule has 1 aromatic heterocycles.